The molecule has 0 aliphatic heterocycles. The standard InChI is InChI=1S/C12H20O6S.Na.H/c1-8(2)6-17-11(13)5-10(19(15)16)12(14)18-7-9(3)4;;/h8-9H,5-7H2,1-4H3;;. The summed E-state index contributed by atoms with van der Waals surface area (Å²) in [5, 5.41) is 0. The van der Waals surface area contributed by atoms with Gasteiger partial charge in [-0.15, -0.1) is 0 Å². The first-order valence-electron chi connectivity index (χ1n) is 6.01. The molecule has 0 rings (SSSR count). The zero-order valence-electron chi connectivity index (χ0n) is 11.6. The van der Waals surface area contributed by atoms with Crippen molar-refractivity contribution in [2.45, 2.75) is 34.1 Å². The number of carbonyl (C=O) groups excluding carboxylic acids is 2. The van der Waals surface area contributed by atoms with Gasteiger partial charge in [-0.05, 0) is 11.8 Å². The van der Waals surface area contributed by atoms with Crippen LogP contribution in [-0.2, 0) is 29.4 Å². The van der Waals surface area contributed by atoms with E-state index in [1.807, 2.05) is 27.7 Å². The average Bonchev–Trinajstić information content (AvgIpc) is 2.29. The molecule has 0 fully saturated rings. The molecule has 0 aromatic heterocycles. The van der Waals surface area contributed by atoms with E-state index < -0.39 is 33.5 Å². The van der Waals surface area contributed by atoms with Crippen LogP contribution in [0.4, 0.5) is 0 Å². The summed E-state index contributed by atoms with van der Waals surface area (Å²) >= 11 is 0. The second kappa shape index (κ2) is 11.3. The molecule has 0 aromatic rings. The van der Waals surface area contributed by atoms with E-state index in [0.717, 1.165) is 0 Å². The van der Waals surface area contributed by atoms with Gasteiger partial charge in [-0.2, -0.15) is 8.42 Å². The van der Waals surface area contributed by atoms with Crippen LogP contribution >= 0.6 is 0 Å². The van der Waals surface area contributed by atoms with Crippen LogP contribution in [0.5, 0.6) is 0 Å². The fourth-order valence-electron chi connectivity index (χ4n) is 0.964. The Morgan fingerprint density at radius 2 is 1.40 bits per heavy atom. The van der Waals surface area contributed by atoms with Crippen molar-refractivity contribution < 1.29 is 27.5 Å². The molecule has 0 saturated carbocycles. The summed E-state index contributed by atoms with van der Waals surface area (Å²) in [4.78, 5) is 22.3. The molecule has 0 aliphatic rings. The second-order valence-electron chi connectivity index (χ2n) is 4.90. The van der Waals surface area contributed by atoms with E-state index in [1.54, 1.807) is 0 Å². The van der Waals surface area contributed by atoms with Crippen molar-refractivity contribution in [1.29, 1.82) is 0 Å². The molecule has 112 valence electrons. The van der Waals surface area contributed by atoms with E-state index in [0.29, 0.717) is 0 Å². The quantitative estimate of drug-likeness (QED) is 0.378. The van der Waals surface area contributed by atoms with Gasteiger partial charge in [-0.3, -0.25) is 4.79 Å². The van der Waals surface area contributed by atoms with Crippen molar-refractivity contribution >= 4 is 56.7 Å². The average molecular weight is 316 g/mol. The Bertz CT molecular complexity index is 445. The third-order valence-electron chi connectivity index (χ3n) is 1.86. The summed E-state index contributed by atoms with van der Waals surface area (Å²) in [6.45, 7) is 7.61. The summed E-state index contributed by atoms with van der Waals surface area (Å²) in [6.07, 6.45) is -0.597. The van der Waals surface area contributed by atoms with Gasteiger partial charge in [0.1, 0.15) is 0 Å². The number of hydrogen-bond acceptors (Lipinski definition) is 6. The molecule has 20 heavy (non-hydrogen) atoms. The van der Waals surface area contributed by atoms with Crippen molar-refractivity contribution in [3.63, 3.8) is 0 Å². The molecule has 6 nitrogen and oxygen atoms in total. The van der Waals surface area contributed by atoms with Gasteiger partial charge in [-0.1, -0.05) is 27.7 Å². The monoisotopic (exact) mass is 316 g/mol. The maximum absolute atomic E-state index is 11.5. The van der Waals surface area contributed by atoms with Gasteiger partial charge in [0.15, 0.2) is 4.86 Å². The first-order chi connectivity index (χ1) is 8.73. The molecule has 0 radical (unpaired) electrons. The molecule has 0 aliphatic carbocycles. The molecule has 0 heterocycles. The van der Waals surface area contributed by atoms with Crippen LogP contribution < -0.4 is 0 Å². The third kappa shape index (κ3) is 10.4. The predicted octanol–water partition coefficient (Wildman–Crippen LogP) is 0.178. The molecule has 0 N–H and O–H groups in total. The van der Waals surface area contributed by atoms with E-state index in [2.05, 4.69) is 0 Å². The van der Waals surface area contributed by atoms with Crippen LogP contribution in [0.2, 0.25) is 0 Å². The van der Waals surface area contributed by atoms with Crippen molar-refractivity contribution in [3.8, 4) is 0 Å². The van der Waals surface area contributed by atoms with Gasteiger partial charge in [-0.25, -0.2) is 4.79 Å². The fourth-order valence-corrected chi connectivity index (χ4v) is 1.39. The molecule has 0 spiro atoms. The molecule has 0 saturated heterocycles. The molecule has 0 unspecified atom stereocenters. The molecule has 0 atom stereocenters. The van der Waals surface area contributed by atoms with Crippen LogP contribution in [0.15, 0.2) is 0 Å². The second-order valence-corrected chi connectivity index (χ2v) is 5.87. The van der Waals surface area contributed by atoms with Gasteiger partial charge in [0, 0.05) is 0 Å². The van der Waals surface area contributed by atoms with Crippen LogP contribution in [-0.4, -0.2) is 68.0 Å². The van der Waals surface area contributed by atoms with Gasteiger partial charge in [0.2, 0.25) is 10.3 Å². The van der Waals surface area contributed by atoms with E-state index in [1.165, 1.54) is 0 Å². The summed E-state index contributed by atoms with van der Waals surface area (Å²) in [5.74, 6) is -1.53. The minimum absolute atomic E-state index is 0. The Morgan fingerprint density at radius 3 is 1.80 bits per heavy atom. The van der Waals surface area contributed by atoms with Crippen LogP contribution in [0.25, 0.3) is 0 Å². The number of rotatable bonds is 7. The molecular formula is C12H21NaO6S. The summed E-state index contributed by atoms with van der Waals surface area (Å²) < 4.78 is 31.4. The van der Waals surface area contributed by atoms with Gasteiger partial charge in [0.25, 0.3) is 0 Å². The van der Waals surface area contributed by atoms with E-state index >= 15 is 0 Å². The van der Waals surface area contributed by atoms with E-state index in [9.17, 15) is 18.0 Å². The number of carbonyl (C=O) groups is 2. The topological polar surface area (TPSA) is 86.7 Å². The Hall–Kier alpha value is -0.370. The number of hydrogen-bond donors (Lipinski definition) is 0. The van der Waals surface area contributed by atoms with Crippen LogP contribution in [0.3, 0.4) is 0 Å². The molecule has 0 amide bonds. The van der Waals surface area contributed by atoms with E-state index in [-0.39, 0.29) is 54.6 Å². The maximum atomic E-state index is 11.5. The summed E-state index contributed by atoms with van der Waals surface area (Å²) in [5.41, 5.74) is 0. The zero-order valence-corrected chi connectivity index (χ0v) is 12.5. The Morgan fingerprint density at radius 1 is 0.950 bits per heavy atom. The first-order valence-corrected chi connectivity index (χ1v) is 7.09. The van der Waals surface area contributed by atoms with Gasteiger partial charge >= 0.3 is 41.5 Å². The SMILES string of the molecule is CC(C)COC(=O)CC(C(=O)OCC(C)C)=S(=O)=O.[NaH]. The number of esters is 2. The third-order valence-corrected chi connectivity index (χ3v) is 2.57. The first kappa shape index (κ1) is 21.9. The molecule has 0 aromatic carbocycles. The Balaban J connectivity index is 0. The summed E-state index contributed by atoms with van der Waals surface area (Å²) in [7, 11) is -2.79. The van der Waals surface area contributed by atoms with E-state index in [4.69, 9.17) is 9.47 Å². The molecule has 8 heteroatoms. The minimum atomic E-state index is -2.79. The van der Waals surface area contributed by atoms with Gasteiger partial charge in [0.05, 0.1) is 19.6 Å². The normalized spacial score (nSPS) is 9.90. The van der Waals surface area contributed by atoms with Crippen molar-refractivity contribution in [2.75, 3.05) is 13.2 Å². The Kier molecular flexibility index (Phi) is 12.4. The van der Waals surface area contributed by atoms with Crippen molar-refractivity contribution in [3.05, 3.63) is 0 Å². The van der Waals surface area contributed by atoms with Gasteiger partial charge < -0.3 is 9.47 Å². The van der Waals surface area contributed by atoms with Crippen LogP contribution in [0, 0.1) is 11.8 Å². The number of ether oxygens (including phenoxy) is 2. The Labute approximate surface area is 143 Å². The molecular weight excluding hydrogens is 295 g/mol. The van der Waals surface area contributed by atoms with Crippen LogP contribution in [0.1, 0.15) is 34.1 Å². The zero-order chi connectivity index (χ0) is 15.0. The van der Waals surface area contributed by atoms with Crippen molar-refractivity contribution in [1.82, 2.24) is 0 Å². The predicted molar refractivity (Wildman–Crippen MR) is 77.3 cm³/mol. The van der Waals surface area contributed by atoms with Crippen molar-refractivity contribution in [2.24, 2.45) is 11.8 Å². The fraction of sp³-hybridized carbons (Fsp3) is 0.750. The molecule has 0 bridgehead atoms. The summed E-state index contributed by atoms with van der Waals surface area (Å²) in [6, 6.07) is 0.